The van der Waals surface area contributed by atoms with Crippen molar-refractivity contribution < 1.29 is 21.6 Å². The molecule has 31 heavy (non-hydrogen) atoms. The number of benzene rings is 2. The summed E-state index contributed by atoms with van der Waals surface area (Å²) < 4.78 is 60.5. The van der Waals surface area contributed by atoms with Crippen LogP contribution in [0.3, 0.4) is 0 Å². The lowest BCUT2D eigenvalue weighted by Gasteiger charge is -2.11. The molecule has 2 aromatic carbocycles. The highest BCUT2D eigenvalue weighted by molar-refractivity contribution is 7.93. The van der Waals surface area contributed by atoms with Gasteiger partial charge in [-0.1, -0.05) is 0 Å². The third kappa shape index (κ3) is 5.70. The van der Waals surface area contributed by atoms with Crippen molar-refractivity contribution in [1.29, 1.82) is 0 Å². The van der Waals surface area contributed by atoms with Crippen molar-refractivity contribution in [3.8, 4) is 5.75 Å². The lowest BCUT2D eigenvalue weighted by molar-refractivity contribution is 0.340. The van der Waals surface area contributed by atoms with Gasteiger partial charge in [-0.3, -0.25) is 9.44 Å². The van der Waals surface area contributed by atoms with Gasteiger partial charge in [0.05, 0.1) is 16.4 Å². The summed E-state index contributed by atoms with van der Waals surface area (Å²) in [5.74, 6) is 1.17. The van der Waals surface area contributed by atoms with Crippen LogP contribution in [0.15, 0.2) is 64.4 Å². The quantitative estimate of drug-likeness (QED) is 0.526. The van der Waals surface area contributed by atoms with Crippen molar-refractivity contribution in [3.05, 3.63) is 66.1 Å². The summed E-state index contributed by atoms with van der Waals surface area (Å²) in [5, 5.41) is 0. The van der Waals surface area contributed by atoms with E-state index in [1.54, 1.807) is 26.0 Å². The number of sulfonamides is 2. The van der Waals surface area contributed by atoms with E-state index in [9.17, 15) is 16.8 Å². The topological polar surface area (TPSA) is 127 Å². The van der Waals surface area contributed by atoms with Gasteiger partial charge < -0.3 is 4.74 Å². The van der Waals surface area contributed by atoms with Gasteiger partial charge in [0.15, 0.2) is 0 Å². The highest BCUT2D eigenvalue weighted by Crippen LogP contribution is 2.22. The van der Waals surface area contributed by atoms with Crippen LogP contribution in [0.25, 0.3) is 0 Å². The van der Waals surface area contributed by atoms with E-state index in [0.717, 1.165) is 0 Å². The third-order valence-electron chi connectivity index (χ3n) is 4.07. The molecule has 0 fully saturated rings. The second-order valence-electron chi connectivity index (χ2n) is 6.58. The van der Waals surface area contributed by atoms with E-state index in [1.165, 1.54) is 42.5 Å². The maximum absolute atomic E-state index is 12.6. The number of anilines is 2. The van der Waals surface area contributed by atoms with Gasteiger partial charge >= 0.3 is 0 Å². The standard InChI is InChI=1S/C20H22N4O5S2/c1-4-29-17-7-11-19(12-8-17)30(25,26)23-16-5-9-18(10-6-16)31(27,28)24-20-13-14(2)21-15(3)22-20/h5-13,23H,4H2,1-3H3,(H,21,22,24). The molecule has 0 amide bonds. The van der Waals surface area contributed by atoms with E-state index in [0.29, 0.717) is 23.9 Å². The Balaban J connectivity index is 1.75. The molecule has 0 spiro atoms. The number of rotatable bonds is 8. The van der Waals surface area contributed by atoms with Crippen LogP contribution in [-0.4, -0.2) is 33.4 Å². The van der Waals surface area contributed by atoms with Crippen LogP contribution in [0, 0.1) is 13.8 Å². The molecule has 0 aliphatic carbocycles. The maximum Gasteiger partial charge on any atom is 0.263 e. The van der Waals surface area contributed by atoms with Crippen LogP contribution < -0.4 is 14.2 Å². The van der Waals surface area contributed by atoms with Gasteiger partial charge in [0.2, 0.25) is 0 Å². The molecule has 0 saturated heterocycles. The predicted octanol–water partition coefficient (Wildman–Crippen LogP) is 3.09. The van der Waals surface area contributed by atoms with Crippen molar-refractivity contribution in [2.45, 2.75) is 30.6 Å². The van der Waals surface area contributed by atoms with Gasteiger partial charge in [-0.2, -0.15) is 0 Å². The van der Waals surface area contributed by atoms with E-state index < -0.39 is 20.0 Å². The zero-order valence-electron chi connectivity index (χ0n) is 17.2. The highest BCUT2D eigenvalue weighted by Gasteiger charge is 2.18. The smallest absolute Gasteiger partial charge is 0.263 e. The molecule has 9 nitrogen and oxygen atoms in total. The first kappa shape index (κ1) is 22.5. The molecular formula is C20H22N4O5S2. The Hall–Kier alpha value is -3.18. The Bertz CT molecular complexity index is 1250. The van der Waals surface area contributed by atoms with Gasteiger partial charge in [-0.05, 0) is 69.3 Å². The van der Waals surface area contributed by atoms with E-state index >= 15 is 0 Å². The summed E-state index contributed by atoms with van der Waals surface area (Å²) in [4.78, 5) is 8.19. The monoisotopic (exact) mass is 462 g/mol. The average Bonchev–Trinajstić information content (AvgIpc) is 2.67. The van der Waals surface area contributed by atoms with E-state index in [1.807, 2.05) is 6.92 Å². The molecule has 0 aliphatic rings. The molecule has 1 aromatic heterocycles. The molecule has 0 radical (unpaired) electrons. The Morgan fingerprint density at radius 1 is 0.806 bits per heavy atom. The fraction of sp³-hybridized carbons (Fsp3) is 0.200. The fourth-order valence-corrected chi connectivity index (χ4v) is 4.81. The van der Waals surface area contributed by atoms with Gasteiger partial charge in [0.1, 0.15) is 17.4 Å². The van der Waals surface area contributed by atoms with Crippen molar-refractivity contribution in [2.24, 2.45) is 0 Å². The van der Waals surface area contributed by atoms with E-state index in [-0.39, 0.29) is 21.3 Å². The molecule has 0 unspecified atom stereocenters. The Kier molecular flexibility index (Phi) is 6.46. The first-order chi connectivity index (χ1) is 14.6. The molecule has 0 aliphatic heterocycles. The molecule has 2 N–H and O–H groups in total. The van der Waals surface area contributed by atoms with Crippen LogP contribution in [0.4, 0.5) is 11.5 Å². The van der Waals surface area contributed by atoms with Crippen molar-refractivity contribution in [3.63, 3.8) is 0 Å². The summed E-state index contributed by atoms with van der Waals surface area (Å²) in [7, 11) is -7.74. The minimum atomic E-state index is -3.90. The van der Waals surface area contributed by atoms with Crippen LogP contribution in [0.2, 0.25) is 0 Å². The van der Waals surface area contributed by atoms with Crippen LogP contribution in [0.1, 0.15) is 18.4 Å². The lowest BCUT2D eigenvalue weighted by atomic mass is 10.3. The molecule has 0 saturated carbocycles. The summed E-state index contributed by atoms with van der Waals surface area (Å²) in [6.45, 7) is 5.71. The number of nitrogens with one attached hydrogen (secondary N) is 2. The highest BCUT2D eigenvalue weighted by atomic mass is 32.2. The zero-order valence-corrected chi connectivity index (χ0v) is 18.8. The minimum Gasteiger partial charge on any atom is -0.494 e. The second-order valence-corrected chi connectivity index (χ2v) is 9.95. The van der Waals surface area contributed by atoms with Gasteiger partial charge in [0, 0.05) is 17.4 Å². The van der Waals surface area contributed by atoms with Gasteiger partial charge in [-0.15, -0.1) is 0 Å². The average molecular weight is 463 g/mol. The predicted molar refractivity (Wildman–Crippen MR) is 117 cm³/mol. The van der Waals surface area contributed by atoms with Crippen molar-refractivity contribution in [2.75, 3.05) is 16.1 Å². The fourth-order valence-electron chi connectivity index (χ4n) is 2.76. The van der Waals surface area contributed by atoms with Crippen LogP contribution in [0.5, 0.6) is 5.75 Å². The van der Waals surface area contributed by atoms with Crippen LogP contribution >= 0.6 is 0 Å². The molecule has 0 atom stereocenters. The number of aromatic nitrogens is 2. The molecular weight excluding hydrogens is 440 g/mol. The lowest BCUT2D eigenvalue weighted by Crippen LogP contribution is -2.15. The first-order valence-corrected chi connectivity index (χ1v) is 12.3. The summed E-state index contributed by atoms with van der Waals surface area (Å²) in [6.07, 6.45) is 0. The largest absolute Gasteiger partial charge is 0.494 e. The molecule has 11 heteroatoms. The number of hydrogen-bond donors (Lipinski definition) is 2. The van der Waals surface area contributed by atoms with E-state index in [4.69, 9.17) is 4.74 Å². The van der Waals surface area contributed by atoms with E-state index in [2.05, 4.69) is 19.4 Å². The SMILES string of the molecule is CCOc1ccc(S(=O)(=O)Nc2ccc(S(=O)(=O)Nc3cc(C)nc(C)n3)cc2)cc1. The molecule has 3 aromatic rings. The summed E-state index contributed by atoms with van der Waals surface area (Å²) in [6, 6.07) is 12.9. The molecule has 164 valence electrons. The normalized spacial score (nSPS) is 11.7. The Labute approximate surface area is 181 Å². The summed E-state index contributed by atoms with van der Waals surface area (Å²) >= 11 is 0. The van der Waals surface area contributed by atoms with Crippen molar-refractivity contribution >= 4 is 31.6 Å². The number of aryl methyl sites for hydroxylation is 2. The third-order valence-corrected chi connectivity index (χ3v) is 6.83. The molecule has 0 bridgehead atoms. The number of nitrogens with zero attached hydrogens (tertiary/aromatic N) is 2. The first-order valence-electron chi connectivity index (χ1n) is 9.30. The molecule has 3 rings (SSSR count). The maximum atomic E-state index is 12.6. The minimum absolute atomic E-state index is 0.0366. The second kappa shape index (κ2) is 8.90. The number of ether oxygens (including phenoxy) is 1. The van der Waals surface area contributed by atoms with Crippen molar-refractivity contribution in [1.82, 2.24) is 9.97 Å². The Morgan fingerprint density at radius 2 is 1.35 bits per heavy atom. The van der Waals surface area contributed by atoms with Gasteiger partial charge in [0.25, 0.3) is 20.0 Å². The molecule has 1 heterocycles. The Morgan fingerprint density at radius 3 is 1.90 bits per heavy atom. The van der Waals surface area contributed by atoms with Gasteiger partial charge in [-0.25, -0.2) is 26.8 Å². The number of hydrogen-bond acceptors (Lipinski definition) is 7. The zero-order chi connectivity index (χ0) is 22.6. The summed E-state index contributed by atoms with van der Waals surface area (Å²) in [5.41, 5.74) is 0.853. The van der Waals surface area contributed by atoms with Crippen LogP contribution in [-0.2, 0) is 20.0 Å².